The number of ether oxygens (including phenoxy) is 2. The Bertz CT molecular complexity index is 619. The van der Waals surface area contributed by atoms with E-state index in [1.165, 1.54) is 6.08 Å². The Hall–Kier alpha value is -2.50. The fourth-order valence-electron chi connectivity index (χ4n) is 2.51. The Morgan fingerprint density at radius 2 is 1.96 bits per heavy atom. The van der Waals surface area contributed by atoms with Crippen LogP contribution in [0.1, 0.15) is 24.8 Å². The monoisotopic (exact) mass is 319 g/mol. The Labute approximate surface area is 135 Å². The van der Waals surface area contributed by atoms with E-state index in [0.717, 1.165) is 12.0 Å². The topological polar surface area (TPSA) is 84.9 Å². The maximum atomic E-state index is 11.9. The van der Waals surface area contributed by atoms with Crippen LogP contribution in [0.15, 0.2) is 24.3 Å². The first-order chi connectivity index (χ1) is 11.0. The number of methoxy groups -OCH3 is 2. The molecule has 1 aliphatic rings. The summed E-state index contributed by atoms with van der Waals surface area (Å²) in [6.07, 6.45) is 5.15. The fraction of sp³-hybridized carbons (Fsp3) is 0.412. The Morgan fingerprint density at radius 1 is 1.26 bits per heavy atom. The lowest BCUT2D eigenvalue weighted by Crippen LogP contribution is -2.47. The number of rotatable bonds is 7. The first-order valence-electron chi connectivity index (χ1n) is 7.42. The minimum absolute atomic E-state index is 0.164. The van der Waals surface area contributed by atoms with E-state index in [4.69, 9.17) is 9.47 Å². The highest BCUT2D eigenvalue weighted by molar-refractivity contribution is 5.92. The van der Waals surface area contributed by atoms with Gasteiger partial charge in [-0.1, -0.05) is 12.5 Å². The molecule has 124 valence electrons. The molecule has 0 radical (unpaired) electrons. The van der Waals surface area contributed by atoms with Crippen molar-refractivity contribution >= 4 is 18.0 Å². The Morgan fingerprint density at radius 3 is 2.48 bits per heavy atom. The van der Waals surface area contributed by atoms with E-state index in [2.05, 4.69) is 5.32 Å². The van der Waals surface area contributed by atoms with Gasteiger partial charge in [0.05, 0.1) is 19.6 Å². The van der Waals surface area contributed by atoms with Gasteiger partial charge < -0.3 is 19.9 Å². The molecule has 1 aromatic carbocycles. The van der Waals surface area contributed by atoms with Crippen LogP contribution in [0.4, 0.5) is 0 Å². The summed E-state index contributed by atoms with van der Waals surface area (Å²) in [4.78, 5) is 23.1. The molecule has 1 fully saturated rings. The summed E-state index contributed by atoms with van der Waals surface area (Å²) in [6.45, 7) is 0.164. The molecule has 1 aromatic rings. The molecule has 6 nitrogen and oxygen atoms in total. The van der Waals surface area contributed by atoms with Gasteiger partial charge in [0.1, 0.15) is 0 Å². The molecular weight excluding hydrogens is 298 g/mol. The number of hydrogen-bond acceptors (Lipinski definition) is 4. The average Bonchev–Trinajstić information content (AvgIpc) is 2.51. The third-order valence-corrected chi connectivity index (χ3v) is 4.20. The molecule has 1 saturated carbocycles. The lowest BCUT2D eigenvalue weighted by atomic mass is 9.69. The minimum atomic E-state index is -0.840. The highest BCUT2D eigenvalue weighted by atomic mass is 16.5. The van der Waals surface area contributed by atoms with Gasteiger partial charge in [-0.2, -0.15) is 0 Å². The van der Waals surface area contributed by atoms with Crippen LogP contribution in [0.5, 0.6) is 11.5 Å². The van der Waals surface area contributed by atoms with Crippen molar-refractivity contribution in [2.24, 2.45) is 5.41 Å². The number of carbonyl (C=O) groups is 2. The van der Waals surface area contributed by atoms with Crippen molar-refractivity contribution in [2.75, 3.05) is 20.8 Å². The molecule has 0 heterocycles. The first kappa shape index (κ1) is 16.9. The third kappa shape index (κ3) is 3.83. The standard InChI is InChI=1S/C17H21NO5/c1-22-13-6-4-12(10-14(13)23-2)5-7-15(19)18-11-17(16(20)21)8-3-9-17/h4-7,10H,3,8-9,11H2,1-2H3,(H,18,19)(H,20,21). The molecule has 0 unspecified atom stereocenters. The zero-order valence-corrected chi connectivity index (χ0v) is 13.3. The number of carbonyl (C=O) groups excluding carboxylic acids is 1. The van der Waals surface area contributed by atoms with Gasteiger partial charge in [0.25, 0.3) is 0 Å². The van der Waals surface area contributed by atoms with E-state index in [1.54, 1.807) is 38.5 Å². The third-order valence-electron chi connectivity index (χ3n) is 4.20. The molecule has 1 aliphatic carbocycles. The van der Waals surface area contributed by atoms with Crippen molar-refractivity contribution in [2.45, 2.75) is 19.3 Å². The van der Waals surface area contributed by atoms with Crippen molar-refractivity contribution in [3.8, 4) is 11.5 Å². The molecule has 0 atom stereocenters. The second-order valence-corrected chi connectivity index (χ2v) is 5.60. The van der Waals surface area contributed by atoms with Crippen LogP contribution in [0.3, 0.4) is 0 Å². The normalized spacial score (nSPS) is 15.7. The largest absolute Gasteiger partial charge is 0.493 e. The van der Waals surface area contributed by atoms with Gasteiger partial charge in [-0.3, -0.25) is 9.59 Å². The summed E-state index contributed by atoms with van der Waals surface area (Å²) < 4.78 is 10.3. The zero-order valence-electron chi connectivity index (χ0n) is 13.3. The number of nitrogens with one attached hydrogen (secondary N) is 1. The predicted molar refractivity (Wildman–Crippen MR) is 85.5 cm³/mol. The van der Waals surface area contributed by atoms with E-state index in [9.17, 15) is 14.7 Å². The summed E-state index contributed by atoms with van der Waals surface area (Å²) in [5, 5.41) is 11.9. The molecule has 2 rings (SSSR count). The van der Waals surface area contributed by atoms with E-state index < -0.39 is 11.4 Å². The summed E-state index contributed by atoms with van der Waals surface area (Å²) >= 11 is 0. The van der Waals surface area contributed by atoms with Crippen LogP contribution in [0, 0.1) is 5.41 Å². The smallest absolute Gasteiger partial charge is 0.311 e. The summed E-state index contributed by atoms with van der Waals surface area (Å²) in [5.74, 6) is 0.0390. The minimum Gasteiger partial charge on any atom is -0.493 e. The van der Waals surface area contributed by atoms with Crippen molar-refractivity contribution in [1.82, 2.24) is 5.32 Å². The van der Waals surface area contributed by atoms with Crippen LogP contribution in [-0.2, 0) is 9.59 Å². The second kappa shape index (κ2) is 7.17. The summed E-state index contributed by atoms with van der Waals surface area (Å²) in [5.41, 5.74) is 0.00159. The molecule has 0 aliphatic heterocycles. The van der Waals surface area contributed by atoms with Crippen molar-refractivity contribution in [3.05, 3.63) is 29.8 Å². The van der Waals surface area contributed by atoms with Gasteiger partial charge in [-0.25, -0.2) is 0 Å². The van der Waals surface area contributed by atoms with Crippen molar-refractivity contribution < 1.29 is 24.2 Å². The number of carboxylic acids is 1. The number of carboxylic acid groups (broad SMARTS) is 1. The lowest BCUT2D eigenvalue weighted by molar-refractivity contribution is -0.154. The Kier molecular flexibility index (Phi) is 5.26. The van der Waals surface area contributed by atoms with E-state index in [0.29, 0.717) is 24.3 Å². The molecule has 0 aromatic heterocycles. The van der Waals surface area contributed by atoms with Gasteiger partial charge in [-0.05, 0) is 36.6 Å². The quantitative estimate of drug-likeness (QED) is 0.752. The predicted octanol–water partition coefficient (Wildman–Crippen LogP) is 2.09. The molecule has 0 spiro atoms. The molecule has 2 N–H and O–H groups in total. The van der Waals surface area contributed by atoms with Crippen molar-refractivity contribution in [3.63, 3.8) is 0 Å². The summed E-state index contributed by atoms with van der Waals surface area (Å²) in [6, 6.07) is 5.31. The number of aliphatic carboxylic acids is 1. The van der Waals surface area contributed by atoms with Crippen LogP contribution in [-0.4, -0.2) is 37.7 Å². The number of amides is 1. The van der Waals surface area contributed by atoms with Crippen LogP contribution in [0.25, 0.3) is 6.08 Å². The second-order valence-electron chi connectivity index (χ2n) is 5.60. The SMILES string of the molecule is COc1ccc(C=CC(=O)NCC2(C(=O)O)CCC2)cc1OC. The maximum Gasteiger partial charge on any atom is 0.311 e. The molecule has 6 heteroatoms. The van der Waals surface area contributed by atoms with Gasteiger partial charge in [0.2, 0.25) is 5.91 Å². The zero-order chi connectivity index (χ0) is 16.9. The van der Waals surface area contributed by atoms with Crippen LogP contribution >= 0.6 is 0 Å². The fourth-order valence-corrected chi connectivity index (χ4v) is 2.51. The highest BCUT2D eigenvalue weighted by Crippen LogP contribution is 2.40. The first-order valence-corrected chi connectivity index (χ1v) is 7.42. The van der Waals surface area contributed by atoms with Crippen LogP contribution in [0.2, 0.25) is 0 Å². The Balaban J connectivity index is 1.94. The number of benzene rings is 1. The highest BCUT2D eigenvalue weighted by Gasteiger charge is 2.44. The van der Waals surface area contributed by atoms with Crippen LogP contribution < -0.4 is 14.8 Å². The molecule has 23 heavy (non-hydrogen) atoms. The van der Waals surface area contributed by atoms with Crippen molar-refractivity contribution in [1.29, 1.82) is 0 Å². The van der Waals surface area contributed by atoms with E-state index in [-0.39, 0.29) is 12.5 Å². The lowest BCUT2D eigenvalue weighted by Gasteiger charge is -2.37. The van der Waals surface area contributed by atoms with Gasteiger partial charge >= 0.3 is 5.97 Å². The molecule has 0 saturated heterocycles. The number of hydrogen-bond donors (Lipinski definition) is 2. The van der Waals surface area contributed by atoms with Gasteiger partial charge in [-0.15, -0.1) is 0 Å². The molecule has 1 amide bonds. The molecular formula is C17H21NO5. The van der Waals surface area contributed by atoms with E-state index in [1.807, 2.05) is 0 Å². The average molecular weight is 319 g/mol. The summed E-state index contributed by atoms with van der Waals surface area (Å²) in [7, 11) is 3.10. The molecule has 0 bridgehead atoms. The van der Waals surface area contributed by atoms with Gasteiger partial charge in [0, 0.05) is 12.6 Å². The maximum absolute atomic E-state index is 11.9. The van der Waals surface area contributed by atoms with Gasteiger partial charge in [0.15, 0.2) is 11.5 Å². The van der Waals surface area contributed by atoms with E-state index >= 15 is 0 Å².